The number of hydrogen-bond donors (Lipinski definition) is 3. The summed E-state index contributed by atoms with van der Waals surface area (Å²) in [6.07, 6.45) is 0. The Morgan fingerprint density at radius 2 is 1.96 bits per heavy atom. The Kier molecular flexibility index (Phi) is 6.59. The van der Waals surface area contributed by atoms with E-state index in [4.69, 9.17) is 11.6 Å². The molecule has 0 heterocycles. The van der Waals surface area contributed by atoms with Crippen molar-refractivity contribution in [3.05, 3.63) is 69.2 Å². The molecule has 0 aliphatic heterocycles. The lowest BCUT2D eigenvalue weighted by atomic mass is 10.1. The van der Waals surface area contributed by atoms with E-state index in [1.807, 2.05) is 19.1 Å². The Labute approximate surface area is 150 Å². The Bertz CT molecular complexity index is 754. The number of hydrogen-bond acceptors (Lipinski definition) is 4. The summed E-state index contributed by atoms with van der Waals surface area (Å²) in [5.74, 6) is 0. The molecule has 0 bridgehead atoms. The summed E-state index contributed by atoms with van der Waals surface area (Å²) in [4.78, 5) is 22.4. The summed E-state index contributed by atoms with van der Waals surface area (Å²) >= 11 is 5.94. The number of benzene rings is 2. The van der Waals surface area contributed by atoms with Gasteiger partial charge in [-0.05, 0) is 30.7 Å². The van der Waals surface area contributed by atoms with Crippen LogP contribution in [-0.2, 0) is 0 Å². The minimum absolute atomic E-state index is 0.00142. The molecule has 0 spiro atoms. The molecule has 7 nitrogen and oxygen atoms in total. The van der Waals surface area contributed by atoms with Crippen LogP contribution in [0.25, 0.3) is 0 Å². The summed E-state index contributed by atoms with van der Waals surface area (Å²) in [5.41, 5.74) is 1.32. The van der Waals surface area contributed by atoms with Crippen molar-refractivity contribution in [2.45, 2.75) is 13.0 Å². The van der Waals surface area contributed by atoms with E-state index in [9.17, 15) is 14.9 Å². The minimum atomic E-state index is -0.449. The molecule has 2 rings (SSSR count). The molecule has 0 radical (unpaired) electrons. The predicted octanol–water partition coefficient (Wildman–Crippen LogP) is 3.72. The standard InChI is InChI=1S/C17H19ClN4O3/c1-12(13-5-4-6-14(18)11-13)21-17(23)20-10-9-19-15-7-2-3-8-16(15)22(24)25/h2-8,11-12,19H,9-10H2,1H3,(H2,20,21,23). The number of urea groups is 1. The summed E-state index contributed by atoms with van der Waals surface area (Å²) in [6.45, 7) is 2.54. The Hall–Kier alpha value is -2.80. The Morgan fingerprint density at radius 1 is 1.20 bits per heavy atom. The number of carbonyl (C=O) groups is 1. The third-order valence-electron chi connectivity index (χ3n) is 3.52. The normalized spacial score (nSPS) is 11.4. The fourth-order valence-corrected chi connectivity index (χ4v) is 2.46. The largest absolute Gasteiger partial charge is 0.378 e. The first kappa shape index (κ1) is 18.5. The van der Waals surface area contributed by atoms with E-state index < -0.39 is 4.92 Å². The molecule has 0 fully saturated rings. The van der Waals surface area contributed by atoms with Crippen molar-refractivity contribution in [3.63, 3.8) is 0 Å². The zero-order valence-electron chi connectivity index (χ0n) is 13.7. The van der Waals surface area contributed by atoms with E-state index in [0.29, 0.717) is 23.8 Å². The van der Waals surface area contributed by atoms with Gasteiger partial charge in [-0.1, -0.05) is 35.9 Å². The van der Waals surface area contributed by atoms with Crippen molar-refractivity contribution in [1.82, 2.24) is 10.6 Å². The van der Waals surface area contributed by atoms with Gasteiger partial charge >= 0.3 is 6.03 Å². The molecule has 132 valence electrons. The van der Waals surface area contributed by atoms with E-state index in [1.165, 1.54) is 6.07 Å². The minimum Gasteiger partial charge on any atom is -0.378 e. The lowest BCUT2D eigenvalue weighted by Crippen LogP contribution is -2.39. The molecule has 0 saturated carbocycles. The number of carbonyl (C=O) groups excluding carboxylic acids is 1. The maximum absolute atomic E-state index is 11.9. The Balaban J connectivity index is 1.77. The number of amides is 2. The number of nitro groups is 1. The van der Waals surface area contributed by atoms with Gasteiger partial charge in [-0.2, -0.15) is 0 Å². The highest BCUT2D eigenvalue weighted by atomic mass is 35.5. The number of nitrogens with zero attached hydrogens (tertiary/aromatic N) is 1. The van der Waals surface area contributed by atoms with E-state index in [-0.39, 0.29) is 17.8 Å². The van der Waals surface area contributed by atoms with E-state index in [0.717, 1.165) is 5.56 Å². The molecule has 2 aromatic carbocycles. The summed E-state index contributed by atoms with van der Waals surface area (Å²) in [6, 6.07) is 13.1. The lowest BCUT2D eigenvalue weighted by molar-refractivity contribution is -0.384. The molecular formula is C17H19ClN4O3. The van der Waals surface area contributed by atoms with Gasteiger partial charge in [0, 0.05) is 24.2 Å². The molecule has 3 N–H and O–H groups in total. The van der Waals surface area contributed by atoms with Gasteiger partial charge in [0.1, 0.15) is 5.69 Å². The molecule has 1 atom stereocenters. The van der Waals surface area contributed by atoms with Crippen LogP contribution >= 0.6 is 11.6 Å². The molecule has 1 unspecified atom stereocenters. The first-order valence-electron chi connectivity index (χ1n) is 7.74. The highest BCUT2D eigenvalue weighted by Crippen LogP contribution is 2.22. The molecule has 0 aliphatic rings. The van der Waals surface area contributed by atoms with Gasteiger partial charge in [0.2, 0.25) is 0 Å². The third kappa shape index (κ3) is 5.65. The highest BCUT2D eigenvalue weighted by molar-refractivity contribution is 6.30. The zero-order chi connectivity index (χ0) is 18.2. The lowest BCUT2D eigenvalue weighted by Gasteiger charge is -2.15. The average molecular weight is 363 g/mol. The van der Waals surface area contributed by atoms with Crippen LogP contribution in [-0.4, -0.2) is 24.0 Å². The van der Waals surface area contributed by atoms with Crippen LogP contribution in [0.15, 0.2) is 48.5 Å². The maximum atomic E-state index is 11.9. The van der Waals surface area contributed by atoms with Crippen LogP contribution in [0.1, 0.15) is 18.5 Å². The van der Waals surface area contributed by atoms with Gasteiger partial charge in [0.05, 0.1) is 11.0 Å². The topological polar surface area (TPSA) is 96.3 Å². The molecular weight excluding hydrogens is 344 g/mol. The first-order valence-corrected chi connectivity index (χ1v) is 8.12. The molecule has 2 amide bonds. The SMILES string of the molecule is CC(NC(=O)NCCNc1ccccc1[N+](=O)[O-])c1cccc(Cl)c1. The zero-order valence-corrected chi connectivity index (χ0v) is 14.4. The number of nitrogens with one attached hydrogen (secondary N) is 3. The molecule has 0 saturated heterocycles. The van der Waals surface area contributed by atoms with Crippen molar-refractivity contribution < 1.29 is 9.72 Å². The quantitative estimate of drug-likeness (QED) is 0.397. The van der Waals surface area contributed by atoms with Crippen LogP contribution in [0.5, 0.6) is 0 Å². The van der Waals surface area contributed by atoms with Crippen LogP contribution < -0.4 is 16.0 Å². The van der Waals surface area contributed by atoms with Crippen molar-refractivity contribution in [2.24, 2.45) is 0 Å². The number of halogens is 1. The van der Waals surface area contributed by atoms with Crippen molar-refractivity contribution in [2.75, 3.05) is 18.4 Å². The number of para-hydroxylation sites is 2. The van der Waals surface area contributed by atoms with Gasteiger partial charge in [-0.25, -0.2) is 4.79 Å². The second-order valence-corrected chi connectivity index (χ2v) is 5.81. The summed E-state index contributed by atoms with van der Waals surface area (Å²) in [5, 5.41) is 20.0. The van der Waals surface area contributed by atoms with Crippen molar-refractivity contribution >= 4 is 29.0 Å². The van der Waals surface area contributed by atoms with E-state index >= 15 is 0 Å². The van der Waals surface area contributed by atoms with Gasteiger partial charge in [-0.15, -0.1) is 0 Å². The fourth-order valence-electron chi connectivity index (χ4n) is 2.26. The first-order chi connectivity index (χ1) is 12.0. The van der Waals surface area contributed by atoms with Crippen molar-refractivity contribution in [3.8, 4) is 0 Å². The van der Waals surface area contributed by atoms with E-state index in [1.54, 1.807) is 30.3 Å². The van der Waals surface area contributed by atoms with E-state index in [2.05, 4.69) is 16.0 Å². The average Bonchev–Trinajstić information content (AvgIpc) is 2.59. The van der Waals surface area contributed by atoms with Crippen LogP contribution in [0.4, 0.5) is 16.2 Å². The molecule has 2 aromatic rings. The Morgan fingerprint density at radius 3 is 2.68 bits per heavy atom. The second-order valence-electron chi connectivity index (χ2n) is 5.38. The number of rotatable bonds is 7. The second kappa shape index (κ2) is 8.89. The maximum Gasteiger partial charge on any atom is 0.315 e. The number of nitro benzene ring substituents is 1. The summed E-state index contributed by atoms with van der Waals surface area (Å²) < 4.78 is 0. The van der Waals surface area contributed by atoms with Gasteiger partial charge in [0.25, 0.3) is 5.69 Å². The number of anilines is 1. The fraction of sp³-hybridized carbons (Fsp3) is 0.235. The predicted molar refractivity (Wildman–Crippen MR) is 98.0 cm³/mol. The van der Waals surface area contributed by atoms with Crippen LogP contribution in [0.2, 0.25) is 5.02 Å². The van der Waals surface area contributed by atoms with Crippen molar-refractivity contribution in [1.29, 1.82) is 0 Å². The van der Waals surface area contributed by atoms with Gasteiger partial charge < -0.3 is 16.0 Å². The molecule has 0 aromatic heterocycles. The van der Waals surface area contributed by atoms with Crippen LogP contribution in [0, 0.1) is 10.1 Å². The highest BCUT2D eigenvalue weighted by Gasteiger charge is 2.12. The molecule has 25 heavy (non-hydrogen) atoms. The smallest absolute Gasteiger partial charge is 0.315 e. The molecule has 8 heteroatoms. The van der Waals surface area contributed by atoms with Gasteiger partial charge in [-0.3, -0.25) is 10.1 Å². The monoisotopic (exact) mass is 362 g/mol. The molecule has 0 aliphatic carbocycles. The summed E-state index contributed by atoms with van der Waals surface area (Å²) in [7, 11) is 0. The van der Waals surface area contributed by atoms with Gasteiger partial charge in [0.15, 0.2) is 0 Å². The van der Waals surface area contributed by atoms with Crippen LogP contribution in [0.3, 0.4) is 0 Å². The third-order valence-corrected chi connectivity index (χ3v) is 3.76.